The van der Waals surface area contributed by atoms with Crippen LogP contribution >= 0.6 is 11.8 Å². The van der Waals surface area contributed by atoms with Crippen molar-refractivity contribution in [2.24, 2.45) is 5.73 Å². The average molecular weight is 195 g/mol. The van der Waals surface area contributed by atoms with Gasteiger partial charge in [0.15, 0.2) is 0 Å². The molecule has 1 fully saturated rings. The zero-order valence-corrected chi connectivity index (χ0v) is 7.18. The van der Waals surface area contributed by atoms with Gasteiger partial charge >= 0.3 is 0 Å². The molecular formula is C6H13NO4S. The first-order chi connectivity index (χ1) is 5.57. The number of hydrogen-bond donors (Lipinski definition) is 5. The maximum absolute atomic E-state index is 9.30. The van der Waals surface area contributed by atoms with Gasteiger partial charge in [0.25, 0.3) is 0 Å². The molecule has 72 valence electrons. The Labute approximate surface area is 74.2 Å². The standard InChI is InChI=1S/C6H13NO4S/c7-3-5(10)4(9)2(1-8)12-6(3)11/h2-6,8-11H,1,7H2. The fourth-order valence-corrected chi connectivity index (χ4v) is 2.23. The third-order valence-electron chi connectivity index (χ3n) is 1.95. The van der Waals surface area contributed by atoms with Crippen molar-refractivity contribution >= 4 is 11.8 Å². The first-order valence-electron chi connectivity index (χ1n) is 3.64. The van der Waals surface area contributed by atoms with E-state index in [4.69, 9.17) is 10.8 Å². The Kier molecular flexibility index (Phi) is 3.33. The van der Waals surface area contributed by atoms with Crippen molar-refractivity contribution in [2.45, 2.75) is 28.9 Å². The Morgan fingerprint density at radius 1 is 1.17 bits per heavy atom. The molecular weight excluding hydrogens is 182 g/mol. The van der Waals surface area contributed by atoms with Gasteiger partial charge in [-0.05, 0) is 0 Å². The van der Waals surface area contributed by atoms with Crippen molar-refractivity contribution in [3.8, 4) is 0 Å². The monoisotopic (exact) mass is 195 g/mol. The first-order valence-corrected chi connectivity index (χ1v) is 4.58. The Morgan fingerprint density at radius 2 is 1.75 bits per heavy atom. The van der Waals surface area contributed by atoms with E-state index in [9.17, 15) is 15.3 Å². The van der Waals surface area contributed by atoms with Crippen LogP contribution in [0.15, 0.2) is 0 Å². The van der Waals surface area contributed by atoms with Crippen LogP contribution in [0.5, 0.6) is 0 Å². The maximum Gasteiger partial charge on any atom is 0.117 e. The molecule has 0 aromatic heterocycles. The molecule has 1 rings (SSSR count). The number of aliphatic hydroxyl groups excluding tert-OH is 4. The van der Waals surface area contributed by atoms with Crippen LogP contribution < -0.4 is 5.73 Å². The third-order valence-corrected chi connectivity index (χ3v) is 3.32. The number of thioether (sulfide) groups is 1. The molecule has 5 nitrogen and oxygen atoms in total. The van der Waals surface area contributed by atoms with Crippen LogP contribution in [0.2, 0.25) is 0 Å². The van der Waals surface area contributed by atoms with Gasteiger partial charge in [0.2, 0.25) is 0 Å². The molecule has 0 aromatic rings. The quantitative estimate of drug-likeness (QED) is 0.316. The van der Waals surface area contributed by atoms with Crippen LogP contribution in [0.25, 0.3) is 0 Å². The molecule has 0 amide bonds. The summed E-state index contributed by atoms with van der Waals surface area (Å²) in [6.45, 7) is -0.285. The summed E-state index contributed by atoms with van der Waals surface area (Å²) in [7, 11) is 0. The van der Waals surface area contributed by atoms with Gasteiger partial charge in [0.1, 0.15) is 5.44 Å². The van der Waals surface area contributed by atoms with Gasteiger partial charge in [-0.15, -0.1) is 11.8 Å². The maximum atomic E-state index is 9.30. The molecule has 0 spiro atoms. The van der Waals surface area contributed by atoms with Gasteiger partial charge in [0.05, 0.1) is 30.1 Å². The highest BCUT2D eigenvalue weighted by atomic mass is 32.2. The van der Waals surface area contributed by atoms with Crippen LogP contribution in [0.4, 0.5) is 0 Å². The van der Waals surface area contributed by atoms with Crippen LogP contribution in [0.3, 0.4) is 0 Å². The molecule has 6 heteroatoms. The highest BCUT2D eigenvalue weighted by molar-refractivity contribution is 8.00. The van der Waals surface area contributed by atoms with Crippen LogP contribution in [-0.4, -0.2) is 56.0 Å². The summed E-state index contributed by atoms with van der Waals surface area (Å²) in [5.41, 5.74) is 4.44. The van der Waals surface area contributed by atoms with E-state index in [0.29, 0.717) is 0 Å². The smallest absolute Gasteiger partial charge is 0.117 e. The van der Waals surface area contributed by atoms with E-state index in [1.54, 1.807) is 0 Å². The fraction of sp³-hybridized carbons (Fsp3) is 1.00. The lowest BCUT2D eigenvalue weighted by atomic mass is 10.0. The van der Waals surface area contributed by atoms with Gasteiger partial charge in [-0.25, -0.2) is 0 Å². The highest BCUT2D eigenvalue weighted by Gasteiger charge is 2.41. The molecule has 1 heterocycles. The molecule has 0 bridgehead atoms. The second-order valence-electron chi connectivity index (χ2n) is 2.81. The molecule has 12 heavy (non-hydrogen) atoms. The van der Waals surface area contributed by atoms with Crippen molar-refractivity contribution in [3.05, 3.63) is 0 Å². The van der Waals surface area contributed by atoms with Gasteiger partial charge in [-0.3, -0.25) is 0 Å². The number of rotatable bonds is 1. The fourth-order valence-electron chi connectivity index (χ4n) is 1.12. The van der Waals surface area contributed by atoms with Crippen molar-refractivity contribution in [1.29, 1.82) is 0 Å². The Morgan fingerprint density at radius 3 is 2.25 bits per heavy atom. The zero-order valence-electron chi connectivity index (χ0n) is 6.37. The lowest BCUT2D eigenvalue weighted by Gasteiger charge is -2.37. The predicted octanol–water partition coefficient (Wildman–Crippen LogP) is -2.54. The normalized spacial score (nSPS) is 49.2. The Hall–Kier alpha value is 0.150. The minimum atomic E-state index is -1.17. The molecule has 6 N–H and O–H groups in total. The summed E-state index contributed by atoms with van der Waals surface area (Å²) in [6, 6.07) is -0.854. The first kappa shape index (κ1) is 10.2. The number of aliphatic hydroxyl groups is 4. The summed E-state index contributed by atoms with van der Waals surface area (Å²) in [5, 5.41) is 36.0. The van der Waals surface area contributed by atoms with E-state index in [1.165, 1.54) is 0 Å². The summed E-state index contributed by atoms with van der Waals surface area (Å²) < 4.78 is 0. The lowest BCUT2D eigenvalue weighted by molar-refractivity contribution is -0.0279. The molecule has 0 aromatic carbocycles. The average Bonchev–Trinajstić information content (AvgIpc) is 2.08. The Balaban J connectivity index is 2.63. The Bertz CT molecular complexity index is 154. The summed E-state index contributed by atoms with van der Waals surface area (Å²) >= 11 is 0.977. The molecule has 1 aliphatic rings. The van der Waals surface area contributed by atoms with Gasteiger partial charge in [-0.2, -0.15) is 0 Å². The SMILES string of the molecule is NC1C(O)SC(CO)C(O)C1O. The summed E-state index contributed by atoms with van der Waals surface area (Å²) in [5.74, 6) is 0. The molecule has 1 saturated heterocycles. The van der Waals surface area contributed by atoms with Crippen molar-refractivity contribution in [2.75, 3.05) is 6.61 Å². The summed E-state index contributed by atoms with van der Waals surface area (Å²) in [4.78, 5) is 0. The van der Waals surface area contributed by atoms with E-state index in [0.717, 1.165) is 11.8 Å². The van der Waals surface area contributed by atoms with E-state index in [1.807, 2.05) is 0 Å². The van der Waals surface area contributed by atoms with Crippen molar-refractivity contribution < 1.29 is 20.4 Å². The zero-order chi connectivity index (χ0) is 9.30. The van der Waals surface area contributed by atoms with Crippen molar-refractivity contribution in [1.82, 2.24) is 0 Å². The molecule has 0 radical (unpaired) electrons. The minimum absolute atomic E-state index is 0.285. The van der Waals surface area contributed by atoms with E-state index in [2.05, 4.69) is 0 Å². The number of hydrogen-bond acceptors (Lipinski definition) is 6. The van der Waals surface area contributed by atoms with Crippen LogP contribution in [0, 0.1) is 0 Å². The minimum Gasteiger partial charge on any atom is -0.395 e. The lowest BCUT2D eigenvalue weighted by Crippen LogP contribution is -2.57. The van der Waals surface area contributed by atoms with Crippen LogP contribution in [0.1, 0.15) is 0 Å². The predicted molar refractivity (Wildman–Crippen MR) is 44.5 cm³/mol. The van der Waals surface area contributed by atoms with Gasteiger partial charge < -0.3 is 26.2 Å². The second kappa shape index (κ2) is 3.91. The largest absolute Gasteiger partial charge is 0.395 e. The summed E-state index contributed by atoms with van der Waals surface area (Å²) in [6.07, 6.45) is -2.24. The van der Waals surface area contributed by atoms with Crippen LogP contribution in [-0.2, 0) is 0 Å². The van der Waals surface area contributed by atoms with E-state index < -0.39 is 28.9 Å². The molecule has 5 unspecified atom stereocenters. The number of nitrogens with two attached hydrogens (primary N) is 1. The third kappa shape index (κ3) is 1.73. The van der Waals surface area contributed by atoms with Crippen molar-refractivity contribution in [3.63, 3.8) is 0 Å². The van der Waals surface area contributed by atoms with Gasteiger partial charge in [-0.1, -0.05) is 0 Å². The van der Waals surface area contributed by atoms with Gasteiger partial charge in [0, 0.05) is 0 Å². The highest BCUT2D eigenvalue weighted by Crippen LogP contribution is 2.29. The molecule has 5 atom stereocenters. The molecule has 0 aliphatic carbocycles. The molecule has 0 saturated carbocycles. The molecule has 1 aliphatic heterocycles. The topological polar surface area (TPSA) is 107 Å². The van der Waals surface area contributed by atoms with E-state index >= 15 is 0 Å². The van der Waals surface area contributed by atoms with E-state index in [-0.39, 0.29) is 6.61 Å². The second-order valence-corrected chi connectivity index (χ2v) is 4.17.